The van der Waals surface area contributed by atoms with E-state index in [1.807, 2.05) is 38.1 Å². The standard InChI is InChI=1S/C19H30N2O2/c1-13(2)6-9-15(4)20-19(23)12-18(21-16(5)22)17-10-7-14(3)8-11-17/h7-8,10-11,13,15,18H,6,9,12H2,1-5H3,(H,20,23)(H,21,22)/t15-,18-/m0/s1. The van der Waals surface area contributed by atoms with Crippen molar-refractivity contribution in [3.05, 3.63) is 35.4 Å². The highest BCUT2D eigenvalue weighted by atomic mass is 16.2. The van der Waals surface area contributed by atoms with Crippen molar-refractivity contribution in [3.63, 3.8) is 0 Å². The lowest BCUT2D eigenvalue weighted by Gasteiger charge is -2.20. The summed E-state index contributed by atoms with van der Waals surface area (Å²) in [5, 5.41) is 5.90. The minimum Gasteiger partial charge on any atom is -0.354 e. The van der Waals surface area contributed by atoms with Crippen LogP contribution in [0.15, 0.2) is 24.3 Å². The minimum absolute atomic E-state index is 0.0272. The quantitative estimate of drug-likeness (QED) is 0.770. The molecule has 0 radical (unpaired) electrons. The number of hydrogen-bond donors (Lipinski definition) is 2. The van der Waals surface area contributed by atoms with Gasteiger partial charge in [0.25, 0.3) is 0 Å². The number of carbonyl (C=O) groups excluding carboxylic acids is 2. The monoisotopic (exact) mass is 318 g/mol. The third-order valence-electron chi connectivity index (χ3n) is 3.83. The van der Waals surface area contributed by atoms with Gasteiger partial charge in [0.15, 0.2) is 0 Å². The van der Waals surface area contributed by atoms with Crippen LogP contribution in [0.3, 0.4) is 0 Å². The van der Waals surface area contributed by atoms with E-state index in [9.17, 15) is 9.59 Å². The van der Waals surface area contributed by atoms with E-state index in [-0.39, 0.29) is 30.3 Å². The molecule has 2 atom stereocenters. The van der Waals surface area contributed by atoms with E-state index in [1.54, 1.807) is 0 Å². The highest BCUT2D eigenvalue weighted by Crippen LogP contribution is 2.18. The number of carbonyl (C=O) groups is 2. The lowest BCUT2D eigenvalue weighted by atomic mass is 10.0. The molecule has 4 nitrogen and oxygen atoms in total. The summed E-state index contributed by atoms with van der Waals surface area (Å²) in [4.78, 5) is 23.7. The maximum absolute atomic E-state index is 12.3. The van der Waals surface area contributed by atoms with Gasteiger partial charge in [-0.2, -0.15) is 0 Å². The first-order valence-corrected chi connectivity index (χ1v) is 8.41. The van der Waals surface area contributed by atoms with E-state index < -0.39 is 0 Å². The molecule has 0 saturated heterocycles. The van der Waals surface area contributed by atoms with Gasteiger partial charge < -0.3 is 10.6 Å². The van der Waals surface area contributed by atoms with Crippen molar-refractivity contribution in [2.75, 3.05) is 0 Å². The number of rotatable bonds is 8. The van der Waals surface area contributed by atoms with Gasteiger partial charge in [-0.05, 0) is 38.2 Å². The van der Waals surface area contributed by atoms with Crippen LogP contribution in [-0.2, 0) is 9.59 Å². The molecule has 23 heavy (non-hydrogen) atoms. The minimum atomic E-state index is -0.287. The predicted molar refractivity (Wildman–Crippen MR) is 94.0 cm³/mol. The Balaban J connectivity index is 2.64. The van der Waals surface area contributed by atoms with E-state index in [4.69, 9.17) is 0 Å². The van der Waals surface area contributed by atoms with Crippen LogP contribution in [0.4, 0.5) is 0 Å². The fourth-order valence-corrected chi connectivity index (χ4v) is 2.47. The van der Waals surface area contributed by atoms with Crippen molar-refractivity contribution in [1.29, 1.82) is 0 Å². The highest BCUT2D eigenvalue weighted by Gasteiger charge is 2.18. The average Bonchev–Trinajstić information content (AvgIpc) is 2.44. The van der Waals surface area contributed by atoms with E-state index >= 15 is 0 Å². The zero-order valence-electron chi connectivity index (χ0n) is 15.0. The molecule has 0 heterocycles. The number of benzene rings is 1. The number of aryl methyl sites for hydroxylation is 1. The first-order chi connectivity index (χ1) is 10.8. The molecule has 0 unspecified atom stereocenters. The second-order valence-electron chi connectivity index (χ2n) is 6.81. The van der Waals surface area contributed by atoms with Gasteiger partial charge in [0.05, 0.1) is 12.5 Å². The van der Waals surface area contributed by atoms with Gasteiger partial charge in [0, 0.05) is 13.0 Å². The van der Waals surface area contributed by atoms with Crippen molar-refractivity contribution in [2.24, 2.45) is 5.92 Å². The zero-order chi connectivity index (χ0) is 17.4. The average molecular weight is 318 g/mol. The molecular formula is C19H30N2O2. The number of amides is 2. The zero-order valence-corrected chi connectivity index (χ0v) is 15.0. The van der Waals surface area contributed by atoms with Crippen LogP contribution in [0.25, 0.3) is 0 Å². The van der Waals surface area contributed by atoms with Crippen LogP contribution < -0.4 is 10.6 Å². The molecule has 1 aromatic carbocycles. The molecule has 1 aromatic rings. The molecule has 0 aromatic heterocycles. The molecule has 0 aliphatic rings. The third kappa shape index (κ3) is 7.82. The van der Waals surface area contributed by atoms with Crippen molar-refractivity contribution in [1.82, 2.24) is 10.6 Å². The normalized spacial score (nSPS) is 13.5. The molecule has 0 fully saturated rings. The number of hydrogen-bond acceptors (Lipinski definition) is 2. The van der Waals surface area contributed by atoms with Crippen LogP contribution in [0.1, 0.15) is 64.1 Å². The SMILES string of the molecule is CC(=O)N[C@@H](CC(=O)N[C@@H](C)CCC(C)C)c1ccc(C)cc1. The number of nitrogens with one attached hydrogen (secondary N) is 2. The van der Waals surface area contributed by atoms with Gasteiger partial charge in [-0.25, -0.2) is 0 Å². The second-order valence-corrected chi connectivity index (χ2v) is 6.81. The predicted octanol–water partition coefficient (Wildman–Crippen LogP) is 3.50. The van der Waals surface area contributed by atoms with Crippen LogP contribution in [0.2, 0.25) is 0 Å². The molecule has 0 bridgehead atoms. The van der Waals surface area contributed by atoms with Gasteiger partial charge in [-0.3, -0.25) is 9.59 Å². The Kier molecular flexibility index (Phi) is 7.79. The first-order valence-electron chi connectivity index (χ1n) is 8.41. The summed E-state index contributed by atoms with van der Waals surface area (Å²) in [6, 6.07) is 7.78. The topological polar surface area (TPSA) is 58.2 Å². The molecule has 128 valence electrons. The lowest BCUT2D eigenvalue weighted by molar-refractivity contribution is -0.123. The fourth-order valence-electron chi connectivity index (χ4n) is 2.47. The summed E-state index contributed by atoms with van der Waals surface area (Å²) >= 11 is 0. The van der Waals surface area contributed by atoms with Gasteiger partial charge >= 0.3 is 0 Å². The Bertz CT molecular complexity index is 509. The second kappa shape index (κ2) is 9.33. The summed E-state index contributed by atoms with van der Waals surface area (Å²) in [5.41, 5.74) is 2.11. The van der Waals surface area contributed by atoms with Crippen molar-refractivity contribution in [3.8, 4) is 0 Å². The van der Waals surface area contributed by atoms with Crippen molar-refractivity contribution >= 4 is 11.8 Å². The summed E-state index contributed by atoms with van der Waals surface area (Å²) < 4.78 is 0. The summed E-state index contributed by atoms with van der Waals surface area (Å²) in [7, 11) is 0. The molecule has 0 aliphatic heterocycles. The van der Waals surface area contributed by atoms with Crippen molar-refractivity contribution < 1.29 is 9.59 Å². The van der Waals surface area contributed by atoms with Crippen LogP contribution >= 0.6 is 0 Å². The molecule has 1 rings (SSSR count). The Labute approximate surface area is 140 Å². The smallest absolute Gasteiger partial charge is 0.222 e. The largest absolute Gasteiger partial charge is 0.354 e. The first kappa shape index (κ1) is 19.2. The molecule has 0 saturated carbocycles. The van der Waals surface area contributed by atoms with Gasteiger partial charge in [0.2, 0.25) is 11.8 Å². The summed E-state index contributed by atoms with van der Waals surface area (Å²) in [6.07, 6.45) is 2.32. The van der Waals surface area contributed by atoms with Crippen molar-refractivity contribution in [2.45, 2.75) is 66.0 Å². The highest BCUT2D eigenvalue weighted by molar-refractivity contribution is 5.79. The van der Waals surface area contributed by atoms with E-state index in [0.29, 0.717) is 5.92 Å². The van der Waals surface area contributed by atoms with Crippen LogP contribution in [-0.4, -0.2) is 17.9 Å². The van der Waals surface area contributed by atoms with Gasteiger partial charge in [0.1, 0.15) is 0 Å². The Morgan fingerprint density at radius 3 is 2.13 bits per heavy atom. The van der Waals surface area contributed by atoms with E-state index in [0.717, 1.165) is 24.0 Å². The summed E-state index contributed by atoms with van der Waals surface area (Å²) in [5.74, 6) is 0.478. The molecule has 0 spiro atoms. The maximum Gasteiger partial charge on any atom is 0.222 e. The van der Waals surface area contributed by atoms with Gasteiger partial charge in [-0.1, -0.05) is 43.7 Å². The summed E-state index contributed by atoms with van der Waals surface area (Å²) in [6.45, 7) is 9.88. The molecular weight excluding hydrogens is 288 g/mol. The lowest BCUT2D eigenvalue weighted by Crippen LogP contribution is -2.36. The van der Waals surface area contributed by atoms with E-state index in [2.05, 4.69) is 24.5 Å². The Morgan fingerprint density at radius 2 is 1.61 bits per heavy atom. The molecule has 4 heteroatoms. The van der Waals surface area contributed by atoms with Crippen LogP contribution in [0.5, 0.6) is 0 Å². The maximum atomic E-state index is 12.3. The third-order valence-corrected chi connectivity index (χ3v) is 3.83. The fraction of sp³-hybridized carbons (Fsp3) is 0.579. The van der Waals surface area contributed by atoms with Crippen LogP contribution in [0, 0.1) is 12.8 Å². The molecule has 2 N–H and O–H groups in total. The Hall–Kier alpha value is -1.84. The molecule has 0 aliphatic carbocycles. The Morgan fingerprint density at radius 1 is 1.00 bits per heavy atom. The molecule has 2 amide bonds. The van der Waals surface area contributed by atoms with Gasteiger partial charge in [-0.15, -0.1) is 0 Å². The van der Waals surface area contributed by atoms with E-state index in [1.165, 1.54) is 6.92 Å².